The zero-order valence-corrected chi connectivity index (χ0v) is 19.2. The molecule has 1 atom stereocenters. The summed E-state index contributed by atoms with van der Waals surface area (Å²) >= 11 is 1.26. The van der Waals surface area contributed by atoms with Crippen molar-refractivity contribution in [3.05, 3.63) is 66.1 Å². The van der Waals surface area contributed by atoms with Crippen molar-refractivity contribution in [1.82, 2.24) is 19.8 Å². The van der Waals surface area contributed by atoms with Gasteiger partial charge in [-0.25, -0.2) is 5.01 Å². The van der Waals surface area contributed by atoms with Crippen LogP contribution in [0.3, 0.4) is 0 Å². The van der Waals surface area contributed by atoms with E-state index < -0.39 is 5.91 Å². The summed E-state index contributed by atoms with van der Waals surface area (Å²) in [5.41, 5.74) is 6.67. The van der Waals surface area contributed by atoms with Crippen molar-refractivity contribution in [3.8, 4) is 0 Å². The summed E-state index contributed by atoms with van der Waals surface area (Å²) < 4.78 is 13.3. The Labute approximate surface area is 198 Å². The molecule has 11 heteroatoms. The number of hydrogen-bond donors (Lipinski definition) is 1. The molecule has 4 heterocycles. The van der Waals surface area contributed by atoms with Crippen molar-refractivity contribution in [2.45, 2.75) is 30.5 Å². The van der Waals surface area contributed by atoms with E-state index in [2.05, 4.69) is 15.3 Å². The summed E-state index contributed by atoms with van der Waals surface area (Å²) in [5.74, 6) is 1.43. The quantitative estimate of drug-likeness (QED) is 0.385. The Hall–Kier alpha value is -3.86. The Balaban J connectivity index is 1.34. The highest BCUT2D eigenvalue weighted by molar-refractivity contribution is 7.99. The Morgan fingerprint density at radius 3 is 2.82 bits per heavy atom. The van der Waals surface area contributed by atoms with E-state index in [-0.39, 0.29) is 24.1 Å². The average Bonchev–Trinajstić information content (AvgIpc) is 3.62. The fourth-order valence-corrected chi connectivity index (χ4v) is 4.61. The molecule has 1 aromatic carbocycles. The number of benzene rings is 1. The number of amides is 2. The normalized spacial score (nSPS) is 15.7. The van der Waals surface area contributed by atoms with Crippen LogP contribution in [0.4, 0.5) is 0 Å². The number of rotatable bonds is 8. The van der Waals surface area contributed by atoms with Crippen LogP contribution < -0.4 is 5.73 Å². The number of furan rings is 2. The maximum atomic E-state index is 13.2. The number of hydrogen-bond acceptors (Lipinski definition) is 8. The lowest BCUT2D eigenvalue weighted by Crippen LogP contribution is -2.28. The van der Waals surface area contributed by atoms with Gasteiger partial charge < -0.3 is 19.1 Å². The number of aryl methyl sites for hydroxylation is 1. The number of carbonyl (C=O) groups excluding carboxylic acids is 2. The predicted molar refractivity (Wildman–Crippen MR) is 125 cm³/mol. The highest BCUT2D eigenvalue weighted by Crippen LogP contribution is 2.35. The summed E-state index contributed by atoms with van der Waals surface area (Å²) in [6.45, 7) is 0. The van der Waals surface area contributed by atoms with Gasteiger partial charge in [0.25, 0.3) is 5.91 Å². The maximum absolute atomic E-state index is 13.2. The van der Waals surface area contributed by atoms with Gasteiger partial charge in [0, 0.05) is 31.7 Å². The van der Waals surface area contributed by atoms with Gasteiger partial charge in [-0.05, 0) is 24.3 Å². The number of nitrogens with two attached hydrogens (primary N) is 1. The van der Waals surface area contributed by atoms with Crippen molar-refractivity contribution < 1.29 is 18.4 Å². The molecule has 3 aromatic heterocycles. The van der Waals surface area contributed by atoms with Gasteiger partial charge in [-0.3, -0.25) is 9.59 Å². The molecule has 5 rings (SSSR count). The topological polar surface area (TPSA) is 133 Å². The van der Waals surface area contributed by atoms with E-state index in [0.717, 1.165) is 11.0 Å². The molecule has 2 N–H and O–H groups in total. The van der Waals surface area contributed by atoms with E-state index in [0.29, 0.717) is 41.1 Å². The molecule has 0 bridgehead atoms. The van der Waals surface area contributed by atoms with Gasteiger partial charge >= 0.3 is 0 Å². The summed E-state index contributed by atoms with van der Waals surface area (Å²) in [5, 5.41) is 15.9. The zero-order valence-electron chi connectivity index (χ0n) is 18.4. The maximum Gasteiger partial charge on any atom is 0.253 e. The van der Waals surface area contributed by atoms with Crippen LogP contribution in [-0.4, -0.2) is 43.1 Å². The van der Waals surface area contributed by atoms with Crippen molar-refractivity contribution in [1.29, 1.82) is 0 Å². The van der Waals surface area contributed by atoms with Crippen LogP contribution in [0.15, 0.2) is 67.8 Å². The molecule has 10 nitrogen and oxygen atoms in total. The summed E-state index contributed by atoms with van der Waals surface area (Å²) in [6.07, 6.45) is 2.64. The second-order valence-electron chi connectivity index (χ2n) is 7.88. The first-order valence-electron chi connectivity index (χ1n) is 10.7. The van der Waals surface area contributed by atoms with E-state index in [1.807, 2.05) is 36.4 Å². The first-order valence-corrected chi connectivity index (χ1v) is 11.7. The zero-order chi connectivity index (χ0) is 23.7. The molecule has 2 amide bonds. The number of hydrazone groups is 1. The largest absolute Gasteiger partial charge is 0.467 e. The lowest BCUT2D eigenvalue weighted by Gasteiger charge is -2.19. The second kappa shape index (κ2) is 9.18. The molecule has 0 fully saturated rings. The third-order valence-corrected chi connectivity index (χ3v) is 6.60. The second-order valence-corrected chi connectivity index (χ2v) is 8.82. The number of nitrogens with zero attached hydrogens (tertiary/aromatic N) is 5. The van der Waals surface area contributed by atoms with E-state index in [4.69, 9.17) is 14.6 Å². The molecule has 174 valence electrons. The van der Waals surface area contributed by atoms with Crippen LogP contribution >= 0.6 is 11.8 Å². The number of aromatic nitrogens is 3. The van der Waals surface area contributed by atoms with Gasteiger partial charge in [0.2, 0.25) is 5.91 Å². The van der Waals surface area contributed by atoms with Gasteiger partial charge in [-0.15, -0.1) is 10.2 Å². The fourth-order valence-electron chi connectivity index (χ4n) is 3.83. The average molecular weight is 479 g/mol. The minimum atomic E-state index is -0.400. The standard InChI is InChI=1S/C23H22N6O4S/c1-28-21(9-8-20(24)30)25-26-23(28)34-13-22(31)29-16(18-7-4-10-32-18)12-15(27-29)19-11-14-5-2-3-6-17(14)33-19/h2-7,10-11,16H,8-9,12-13H2,1H3,(H2,24,30)/t16-/m1/s1. The van der Waals surface area contributed by atoms with Gasteiger partial charge in [0.1, 0.15) is 28.9 Å². The van der Waals surface area contributed by atoms with Crippen molar-refractivity contribution in [2.24, 2.45) is 17.9 Å². The molecule has 34 heavy (non-hydrogen) atoms. The first-order chi connectivity index (χ1) is 16.5. The number of carbonyl (C=O) groups is 2. The molecule has 0 unspecified atom stereocenters. The molecule has 0 saturated heterocycles. The number of primary amides is 1. The molecule has 0 spiro atoms. The van der Waals surface area contributed by atoms with Gasteiger partial charge in [-0.2, -0.15) is 5.10 Å². The summed E-state index contributed by atoms with van der Waals surface area (Å²) in [4.78, 5) is 24.3. The molecule has 0 radical (unpaired) electrons. The number of para-hydroxylation sites is 1. The molecule has 1 aliphatic rings. The predicted octanol–water partition coefficient (Wildman–Crippen LogP) is 3.04. The minimum absolute atomic E-state index is 0.107. The number of fused-ring (bicyclic) bond motifs is 1. The van der Waals surface area contributed by atoms with E-state index in [9.17, 15) is 9.59 Å². The van der Waals surface area contributed by atoms with Crippen molar-refractivity contribution in [3.63, 3.8) is 0 Å². The van der Waals surface area contributed by atoms with Crippen LogP contribution in [0, 0.1) is 0 Å². The summed E-state index contributed by atoms with van der Waals surface area (Å²) in [7, 11) is 1.79. The molecular formula is C23H22N6O4S. The summed E-state index contributed by atoms with van der Waals surface area (Å²) in [6, 6.07) is 12.9. The Morgan fingerprint density at radius 1 is 1.21 bits per heavy atom. The van der Waals surface area contributed by atoms with Crippen molar-refractivity contribution >= 4 is 40.3 Å². The first kappa shape index (κ1) is 22.0. The van der Waals surface area contributed by atoms with Crippen LogP contribution in [0.25, 0.3) is 11.0 Å². The van der Waals surface area contributed by atoms with E-state index >= 15 is 0 Å². The SMILES string of the molecule is Cn1c(CCC(N)=O)nnc1SCC(=O)N1N=C(c2cc3ccccc3o2)C[C@@H]1c1ccco1. The third-order valence-electron chi connectivity index (χ3n) is 5.59. The Bertz CT molecular complexity index is 1340. The third kappa shape index (κ3) is 4.34. The lowest BCUT2D eigenvalue weighted by molar-refractivity contribution is -0.130. The van der Waals surface area contributed by atoms with Gasteiger partial charge in [0.05, 0.1) is 12.0 Å². The van der Waals surface area contributed by atoms with Gasteiger partial charge in [-0.1, -0.05) is 30.0 Å². The Kier molecular flexibility index (Phi) is 5.93. The highest BCUT2D eigenvalue weighted by Gasteiger charge is 2.36. The van der Waals surface area contributed by atoms with E-state index in [1.165, 1.54) is 16.8 Å². The smallest absolute Gasteiger partial charge is 0.253 e. The molecule has 4 aromatic rings. The Morgan fingerprint density at radius 2 is 2.06 bits per heavy atom. The molecule has 0 aliphatic carbocycles. The van der Waals surface area contributed by atoms with Crippen LogP contribution in [-0.2, 0) is 23.1 Å². The molecule has 0 saturated carbocycles. The monoisotopic (exact) mass is 478 g/mol. The fraction of sp³-hybridized carbons (Fsp3) is 0.261. The van der Waals surface area contributed by atoms with Crippen LogP contribution in [0.5, 0.6) is 0 Å². The van der Waals surface area contributed by atoms with E-state index in [1.54, 1.807) is 23.9 Å². The van der Waals surface area contributed by atoms with Crippen LogP contribution in [0.1, 0.15) is 36.2 Å². The molecule has 1 aliphatic heterocycles. The lowest BCUT2D eigenvalue weighted by atomic mass is 10.1. The molecular weight excluding hydrogens is 456 g/mol. The minimum Gasteiger partial charge on any atom is -0.467 e. The number of thioether (sulfide) groups is 1. The van der Waals surface area contributed by atoms with Gasteiger partial charge in [0.15, 0.2) is 10.9 Å². The van der Waals surface area contributed by atoms with Crippen molar-refractivity contribution in [2.75, 3.05) is 5.75 Å². The van der Waals surface area contributed by atoms with Crippen LogP contribution in [0.2, 0.25) is 0 Å². The highest BCUT2D eigenvalue weighted by atomic mass is 32.2.